The summed E-state index contributed by atoms with van der Waals surface area (Å²) in [4.78, 5) is 28.2. The van der Waals surface area contributed by atoms with E-state index in [9.17, 15) is 14.9 Å². The lowest BCUT2D eigenvalue weighted by Gasteiger charge is -2.18. The molecule has 0 amide bonds. The van der Waals surface area contributed by atoms with Crippen LogP contribution in [0.15, 0.2) is 50.8 Å². The van der Waals surface area contributed by atoms with Gasteiger partial charge in [-0.05, 0) is 42.7 Å². The lowest BCUT2D eigenvalue weighted by Crippen LogP contribution is -2.20. The average molecular weight is 473 g/mol. The lowest BCUT2D eigenvalue weighted by atomic mass is 9.99. The van der Waals surface area contributed by atoms with Gasteiger partial charge in [0.25, 0.3) is 5.56 Å². The van der Waals surface area contributed by atoms with Crippen LogP contribution in [0.1, 0.15) is 32.2 Å². The Balaban J connectivity index is 1.97. The van der Waals surface area contributed by atoms with Gasteiger partial charge in [0.1, 0.15) is 5.82 Å². The second-order valence-corrected chi connectivity index (χ2v) is 8.93. The topological polar surface area (TPSA) is 99.6 Å². The summed E-state index contributed by atoms with van der Waals surface area (Å²) in [5.74, 6) is 0.600. The minimum absolute atomic E-state index is 0.134. The Hall–Kier alpha value is -3.07. The summed E-state index contributed by atoms with van der Waals surface area (Å²) in [6.45, 7) is 7.96. The van der Waals surface area contributed by atoms with Crippen LogP contribution in [0.2, 0.25) is 0 Å². The Morgan fingerprint density at radius 1 is 1.27 bits per heavy atom. The smallest absolute Gasteiger partial charge is 0.311 e. The highest BCUT2D eigenvalue weighted by molar-refractivity contribution is 9.10. The number of aryl methyl sites for hydroxylation is 1. The molecule has 0 bridgehead atoms. The van der Waals surface area contributed by atoms with E-state index in [-0.39, 0.29) is 22.4 Å². The Morgan fingerprint density at radius 3 is 2.67 bits per heavy atom. The summed E-state index contributed by atoms with van der Waals surface area (Å²) in [6.07, 6.45) is 1.39. The molecule has 0 aliphatic heterocycles. The van der Waals surface area contributed by atoms with Crippen molar-refractivity contribution in [3.8, 4) is 5.75 Å². The number of hydrogen-bond donors (Lipinski definition) is 0. The van der Waals surface area contributed by atoms with Gasteiger partial charge in [-0.3, -0.25) is 14.9 Å². The number of ether oxygens (including phenoxy) is 1. The third-order valence-electron chi connectivity index (χ3n) is 4.13. The molecule has 8 nitrogen and oxygen atoms in total. The van der Waals surface area contributed by atoms with E-state index in [4.69, 9.17) is 4.74 Å². The number of rotatable bonds is 5. The van der Waals surface area contributed by atoms with E-state index in [1.807, 2.05) is 26.8 Å². The number of nitro benzene ring substituents is 1. The molecule has 0 fully saturated rings. The maximum absolute atomic E-state index is 12.8. The Bertz CT molecular complexity index is 1210. The molecule has 156 valence electrons. The third-order valence-corrected chi connectivity index (χ3v) is 4.63. The Morgan fingerprint density at radius 2 is 2.00 bits per heavy atom. The molecule has 0 saturated carbocycles. The second-order valence-electron chi connectivity index (χ2n) is 8.02. The summed E-state index contributed by atoms with van der Waals surface area (Å²) < 4.78 is 7.55. The van der Waals surface area contributed by atoms with Gasteiger partial charge in [0, 0.05) is 16.1 Å². The van der Waals surface area contributed by atoms with Crippen LogP contribution in [0.5, 0.6) is 5.75 Å². The van der Waals surface area contributed by atoms with E-state index < -0.39 is 4.92 Å². The van der Waals surface area contributed by atoms with Crippen molar-refractivity contribution in [2.24, 2.45) is 10.5 Å². The highest BCUT2D eigenvalue weighted by Gasteiger charge is 2.19. The molecule has 0 atom stereocenters. The standard InChI is InChI=1S/C21H21BrN4O4/c1-13-24-17-7-6-15(22)10-16(17)20(27)25(13)23-11-14-5-8-19(18(9-14)26(28)29)30-12-21(2,3)4/h5-11H,12H2,1-4H3. The van der Waals surface area contributed by atoms with Gasteiger partial charge in [-0.15, -0.1) is 0 Å². The molecule has 3 rings (SSSR count). The van der Waals surface area contributed by atoms with Crippen LogP contribution in [0.25, 0.3) is 10.9 Å². The molecule has 0 aliphatic carbocycles. The van der Waals surface area contributed by atoms with Gasteiger partial charge in [0.05, 0.1) is 28.6 Å². The first-order valence-electron chi connectivity index (χ1n) is 9.20. The maximum atomic E-state index is 12.8. The van der Waals surface area contributed by atoms with Crippen molar-refractivity contribution in [3.63, 3.8) is 0 Å². The molecule has 0 unspecified atom stereocenters. The summed E-state index contributed by atoms with van der Waals surface area (Å²) in [5, 5.41) is 16.1. The summed E-state index contributed by atoms with van der Waals surface area (Å²) in [5.41, 5.74) is 0.418. The number of benzene rings is 2. The van der Waals surface area contributed by atoms with Crippen LogP contribution in [0, 0.1) is 22.5 Å². The molecule has 0 saturated heterocycles. The van der Waals surface area contributed by atoms with E-state index in [1.165, 1.54) is 23.0 Å². The summed E-state index contributed by atoms with van der Waals surface area (Å²) in [6, 6.07) is 9.80. The zero-order valence-electron chi connectivity index (χ0n) is 17.0. The molecule has 1 aromatic heterocycles. The number of aromatic nitrogens is 2. The number of halogens is 1. The highest BCUT2D eigenvalue weighted by atomic mass is 79.9. The first kappa shape index (κ1) is 21.6. The molecule has 0 radical (unpaired) electrons. The van der Waals surface area contributed by atoms with Crippen molar-refractivity contribution in [1.82, 2.24) is 9.66 Å². The highest BCUT2D eigenvalue weighted by Crippen LogP contribution is 2.29. The Labute approximate surface area is 181 Å². The van der Waals surface area contributed by atoms with Gasteiger partial charge < -0.3 is 4.74 Å². The predicted molar refractivity (Wildman–Crippen MR) is 119 cm³/mol. The van der Waals surface area contributed by atoms with E-state index in [0.717, 1.165) is 4.47 Å². The maximum Gasteiger partial charge on any atom is 0.311 e. The lowest BCUT2D eigenvalue weighted by molar-refractivity contribution is -0.386. The monoisotopic (exact) mass is 472 g/mol. The van der Waals surface area contributed by atoms with Crippen molar-refractivity contribution >= 4 is 38.7 Å². The van der Waals surface area contributed by atoms with E-state index in [1.54, 1.807) is 25.1 Å². The molecule has 9 heteroatoms. The van der Waals surface area contributed by atoms with E-state index >= 15 is 0 Å². The van der Waals surface area contributed by atoms with Crippen molar-refractivity contribution < 1.29 is 9.66 Å². The SMILES string of the molecule is Cc1nc2ccc(Br)cc2c(=O)n1N=Cc1ccc(OCC(C)(C)C)c([N+](=O)[O-])c1. The fourth-order valence-electron chi connectivity index (χ4n) is 2.69. The summed E-state index contributed by atoms with van der Waals surface area (Å²) in [7, 11) is 0. The van der Waals surface area contributed by atoms with Crippen LogP contribution in [0.4, 0.5) is 5.69 Å². The number of fused-ring (bicyclic) bond motifs is 1. The largest absolute Gasteiger partial charge is 0.486 e. The average Bonchev–Trinajstić information content (AvgIpc) is 2.66. The number of hydrogen-bond acceptors (Lipinski definition) is 6. The minimum atomic E-state index is -0.498. The van der Waals surface area contributed by atoms with E-state index in [2.05, 4.69) is 26.0 Å². The zero-order chi connectivity index (χ0) is 22.1. The van der Waals surface area contributed by atoms with Gasteiger partial charge >= 0.3 is 5.69 Å². The first-order valence-corrected chi connectivity index (χ1v) is 9.99. The zero-order valence-corrected chi connectivity index (χ0v) is 18.6. The number of nitrogens with zero attached hydrogens (tertiary/aromatic N) is 4. The third kappa shape index (κ3) is 4.91. The van der Waals surface area contributed by atoms with Crippen LogP contribution in [-0.4, -0.2) is 27.4 Å². The van der Waals surface area contributed by atoms with Gasteiger partial charge in [0.2, 0.25) is 0 Å². The van der Waals surface area contributed by atoms with Crippen LogP contribution >= 0.6 is 15.9 Å². The van der Waals surface area contributed by atoms with Gasteiger partial charge in [-0.25, -0.2) is 4.98 Å². The fraction of sp³-hybridized carbons (Fsp3) is 0.286. The predicted octanol–water partition coefficient (Wildman–Crippen LogP) is 4.68. The molecule has 0 spiro atoms. The molecule has 3 aromatic rings. The molecule has 30 heavy (non-hydrogen) atoms. The van der Waals surface area contributed by atoms with Crippen LogP contribution < -0.4 is 10.3 Å². The quantitative estimate of drug-likeness (QED) is 0.304. The van der Waals surface area contributed by atoms with Crippen LogP contribution in [-0.2, 0) is 0 Å². The second kappa shape index (κ2) is 8.35. The molecular weight excluding hydrogens is 452 g/mol. The van der Waals surface area contributed by atoms with Gasteiger partial charge in [-0.1, -0.05) is 36.7 Å². The fourth-order valence-corrected chi connectivity index (χ4v) is 3.05. The van der Waals surface area contributed by atoms with Crippen molar-refractivity contribution in [2.75, 3.05) is 6.61 Å². The van der Waals surface area contributed by atoms with Crippen molar-refractivity contribution in [2.45, 2.75) is 27.7 Å². The van der Waals surface area contributed by atoms with Crippen LogP contribution in [0.3, 0.4) is 0 Å². The van der Waals surface area contributed by atoms with Crippen molar-refractivity contribution in [3.05, 3.63) is 72.7 Å². The summed E-state index contributed by atoms with van der Waals surface area (Å²) >= 11 is 3.35. The molecular formula is C21H21BrN4O4. The van der Waals surface area contributed by atoms with Gasteiger partial charge in [-0.2, -0.15) is 9.78 Å². The van der Waals surface area contributed by atoms with Gasteiger partial charge in [0.15, 0.2) is 5.75 Å². The molecule has 0 aliphatic rings. The molecule has 1 heterocycles. The first-order chi connectivity index (χ1) is 14.0. The van der Waals surface area contributed by atoms with Crippen molar-refractivity contribution in [1.29, 1.82) is 0 Å². The molecule has 0 N–H and O–H groups in total. The minimum Gasteiger partial charge on any atom is -0.486 e. The normalized spacial score (nSPS) is 11.9. The molecule has 2 aromatic carbocycles. The van der Waals surface area contributed by atoms with E-state index in [0.29, 0.717) is 28.9 Å². The number of nitro groups is 1. The Kier molecular flexibility index (Phi) is 6.02.